The minimum atomic E-state index is -3.52. The Kier molecular flexibility index (Phi) is 5.83. The first-order valence-corrected chi connectivity index (χ1v) is 8.42. The molecule has 0 heterocycles. The predicted octanol–water partition coefficient (Wildman–Crippen LogP) is 2.05. The molecule has 0 aromatic heterocycles. The number of hydrogen-bond donors (Lipinski definition) is 2. The first-order chi connectivity index (χ1) is 9.35. The summed E-state index contributed by atoms with van der Waals surface area (Å²) in [5.74, 6) is 0.498. The molecule has 1 atom stereocenters. The molecule has 0 radical (unpaired) electrons. The number of nitrogens with one attached hydrogen (secondary N) is 1. The van der Waals surface area contributed by atoms with Crippen molar-refractivity contribution in [2.24, 2.45) is 5.92 Å². The number of benzene rings is 1. The van der Waals surface area contributed by atoms with Gasteiger partial charge in [0.25, 0.3) is 0 Å². The molecule has 0 bridgehead atoms. The van der Waals surface area contributed by atoms with E-state index in [-0.39, 0.29) is 4.90 Å². The van der Waals surface area contributed by atoms with Gasteiger partial charge in [0.15, 0.2) is 0 Å². The van der Waals surface area contributed by atoms with E-state index in [1.165, 1.54) is 13.1 Å². The molecule has 1 aromatic rings. The average Bonchev–Trinajstić information content (AvgIpc) is 2.44. The van der Waals surface area contributed by atoms with Gasteiger partial charge >= 0.3 is 0 Å². The van der Waals surface area contributed by atoms with Crippen molar-refractivity contribution in [3.63, 3.8) is 0 Å². The predicted molar refractivity (Wildman–Crippen MR) is 84.4 cm³/mol. The maximum Gasteiger partial charge on any atom is 0.242 e. The summed E-state index contributed by atoms with van der Waals surface area (Å²) < 4.78 is 26.7. The molecule has 5 nitrogen and oxygen atoms in total. The summed E-state index contributed by atoms with van der Waals surface area (Å²) in [6.07, 6.45) is 1.06. The topological polar surface area (TPSA) is 75.4 Å². The normalized spacial score (nSPS) is 13.2. The number of nitrogens with zero attached hydrogens (tertiary/aromatic N) is 1. The van der Waals surface area contributed by atoms with E-state index < -0.39 is 10.0 Å². The van der Waals surface area contributed by atoms with E-state index in [4.69, 9.17) is 5.73 Å². The summed E-state index contributed by atoms with van der Waals surface area (Å²) >= 11 is 0. The third-order valence-electron chi connectivity index (χ3n) is 3.49. The van der Waals surface area contributed by atoms with Gasteiger partial charge in [-0.15, -0.1) is 0 Å². The SMILES string of the molecule is CCC(C)CN(CC)c1ccc(N)cc1S(=O)(=O)NC. The van der Waals surface area contributed by atoms with Crippen molar-refractivity contribution in [1.82, 2.24) is 4.72 Å². The molecule has 3 N–H and O–H groups in total. The smallest absolute Gasteiger partial charge is 0.242 e. The van der Waals surface area contributed by atoms with Gasteiger partial charge in [0.2, 0.25) is 10.0 Å². The molecule has 0 fully saturated rings. The van der Waals surface area contributed by atoms with Crippen molar-refractivity contribution in [3.05, 3.63) is 18.2 Å². The van der Waals surface area contributed by atoms with Crippen molar-refractivity contribution in [2.75, 3.05) is 30.8 Å². The van der Waals surface area contributed by atoms with E-state index >= 15 is 0 Å². The maximum atomic E-state index is 12.2. The van der Waals surface area contributed by atoms with Crippen molar-refractivity contribution < 1.29 is 8.42 Å². The van der Waals surface area contributed by atoms with Crippen LogP contribution in [0.4, 0.5) is 11.4 Å². The van der Waals surface area contributed by atoms with E-state index in [0.717, 1.165) is 19.5 Å². The highest BCUT2D eigenvalue weighted by Gasteiger charge is 2.21. The zero-order chi connectivity index (χ0) is 15.3. The van der Waals surface area contributed by atoms with Gasteiger partial charge in [-0.1, -0.05) is 20.3 Å². The molecule has 0 aliphatic rings. The van der Waals surface area contributed by atoms with Crippen LogP contribution in [0, 0.1) is 5.92 Å². The van der Waals surface area contributed by atoms with E-state index in [9.17, 15) is 8.42 Å². The summed E-state index contributed by atoms with van der Waals surface area (Å²) in [4.78, 5) is 2.32. The van der Waals surface area contributed by atoms with Gasteiger partial charge in [0.1, 0.15) is 4.90 Å². The lowest BCUT2D eigenvalue weighted by molar-refractivity contribution is 0.545. The van der Waals surface area contributed by atoms with Gasteiger partial charge in [-0.05, 0) is 38.1 Å². The monoisotopic (exact) mass is 299 g/mol. The molecule has 0 amide bonds. The minimum Gasteiger partial charge on any atom is -0.399 e. The number of nitrogen functional groups attached to an aromatic ring is 1. The van der Waals surface area contributed by atoms with E-state index in [0.29, 0.717) is 17.3 Å². The standard InChI is InChI=1S/C14H25N3O2S/c1-5-11(3)10-17(6-2)13-8-7-12(15)9-14(13)20(18,19)16-4/h7-9,11,16H,5-6,10,15H2,1-4H3. The van der Waals surface area contributed by atoms with Crippen LogP contribution in [0.2, 0.25) is 0 Å². The molecule has 0 aliphatic carbocycles. The van der Waals surface area contributed by atoms with Crippen LogP contribution < -0.4 is 15.4 Å². The number of sulfonamides is 1. The zero-order valence-corrected chi connectivity index (χ0v) is 13.5. The fraction of sp³-hybridized carbons (Fsp3) is 0.571. The van der Waals surface area contributed by atoms with Gasteiger partial charge in [0.05, 0.1) is 5.69 Å². The number of rotatable bonds is 7. The summed E-state index contributed by atoms with van der Waals surface area (Å²) in [6.45, 7) is 7.89. The molecule has 1 rings (SSSR count). The summed E-state index contributed by atoms with van der Waals surface area (Å²) in [6, 6.07) is 5.04. The van der Waals surface area contributed by atoms with Crippen LogP contribution in [-0.2, 0) is 10.0 Å². The molecule has 6 heteroatoms. The van der Waals surface area contributed by atoms with Crippen LogP contribution in [0.25, 0.3) is 0 Å². The largest absolute Gasteiger partial charge is 0.399 e. The second-order valence-corrected chi connectivity index (χ2v) is 6.84. The molecule has 114 valence electrons. The highest BCUT2D eigenvalue weighted by atomic mass is 32.2. The zero-order valence-electron chi connectivity index (χ0n) is 12.7. The summed E-state index contributed by atoms with van der Waals surface area (Å²) in [7, 11) is -2.11. The third-order valence-corrected chi connectivity index (χ3v) is 4.94. The molecule has 20 heavy (non-hydrogen) atoms. The third kappa shape index (κ3) is 3.86. The van der Waals surface area contributed by atoms with Crippen LogP contribution >= 0.6 is 0 Å². The highest BCUT2D eigenvalue weighted by molar-refractivity contribution is 7.89. The van der Waals surface area contributed by atoms with Gasteiger partial charge in [-0.2, -0.15) is 0 Å². The van der Waals surface area contributed by atoms with Gasteiger partial charge < -0.3 is 10.6 Å². The summed E-state index contributed by atoms with van der Waals surface area (Å²) in [5, 5.41) is 0. The van der Waals surface area contributed by atoms with E-state index in [2.05, 4.69) is 23.5 Å². The molecule has 1 unspecified atom stereocenters. The van der Waals surface area contributed by atoms with Crippen molar-refractivity contribution in [3.8, 4) is 0 Å². The molecule has 1 aromatic carbocycles. The lowest BCUT2D eigenvalue weighted by atomic mass is 10.1. The fourth-order valence-electron chi connectivity index (χ4n) is 2.02. The Bertz CT molecular complexity index is 543. The van der Waals surface area contributed by atoms with Crippen LogP contribution in [0.5, 0.6) is 0 Å². The minimum absolute atomic E-state index is 0.241. The van der Waals surface area contributed by atoms with E-state index in [1.54, 1.807) is 12.1 Å². The van der Waals surface area contributed by atoms with Crippen LogP contribution in [0.3, 0.4) is 0 Å². The lowest BCUT2D eigenvalue weighted by Crippen LogP contribution is -2.31. The Labute approximate surface area is 122 Å². The van der Waals surface area contributed by atoms with Crippen LogP contribution in [-0.4, -0.2) is 28.6 Å². The first-order valence-electron chi connectivity index (χ1n) is 6.93. The molecule has 0 saturated heterocycles. The van der Waals surface area contributed by atoms with Crippen LogP contribution in [0.1, 0.15) is 27.2 Å². The van der Waals surface area contributed by atoms with Crippen molar-refractivity contribution in [2.45, 2.75) is 32.1 Å². The average molecular weight is 299 g/mol. The van der Waals surface area contributed by atoms with Gasteiger partial charge in [0, 0.05) is 18.8 Å². The maximum absolute atomic E-state index is 12.2. The van der Waals surface area contributed by atoms with E-state index in [1.807, 2.05) is 6.92 Å². The van der Waals surface area contributed by atoms with Gasteiger partial charge in [-0.3, -0.25) is 0 Å². The first kappa shape index (κ1) is 16.8. The molecule has 0 aliphatic heterocycles. The Hall–Kier alpha value is -1.27. The Morgan fingerprint density at radius 3 is 2.50 bits per heavy atom. The second kappa shape index (κ2) is 6.95. The Morgan fingerprint density at radius 2 is 2.00 bits per heavy atom. The molecule has 0 spiro atoms. The van der Waals surface area contributed by atoms with Gasteiger partial charge in [-0.25, -0.2) is 13.1 Å². The highest BCUT2D eigenvalue weighted by Crippen LogP contribution is 2.28. The Morgan fingerprint density at radius 1 is 1.35 bits per heavy atom. The quantitative estimate of drug-likeness (QED) is 0.756. The summed E-state index contributed by atoms with van der Waals surface area (Å²) in [5.41, 5.74) is 6.89. The molecular weight excluding hydrogens is 274 g/mol. The molecule has 0 saturated carbocycles. The van der Waals surface area contributed by atoms with Crippen molar-refractivity contribution >= 4 is 21.4 Å². The molecular formula is C14H25N3O2S. The van der Waals surface area contributed by atoms with Crippen LogP contribution in [0.15, 0.2) is 23.1 Å². The Balaban J connectivity index is 3.29. The number of nitrogens with two attached hydrogens (primary N) is 1. The fourth-order valence-corrected chi connectivity index (χ4v) is 3.00. The number of hydrogen-bond acceptors (Lipinski definition) is 4. The second-order valence-electron chi connectivity index (χ2n) is 4.99. The van der Waals surface area contributed by atoms with Crippen molar-refractivity contribution in [1.29, 1.82) is 0 Å². The lowest BCUT2D eigenvalue weighted by Gasteiger charge is -2.28. The number of anilines is 2.